The number of nitrogens with one attached hydrogen (secondary N) is 1. The minimum absolute atomic E-state index is 0.240. The molecule has 1 aromatic carbocycles. The van der Waals surface area contributed by atoms with Crippen molar-refractivity contribution in [3.05, 3.63) is 32.1 Å². The third-order valence-corrected chi connectivity index (χ3v) is 4.34. The Morgan fingerprint density at radius 2 is 2.33 bits per heavy atom. The zero-order chi connectivity index (χ0) is 12.5. The molecule has 2 aromatic rings. The number of hydrogen-bond donors (Lipinski definition) is 1. The average molecular weight is 420 g/mol. The fraction of sp³-hybridized carbons (Fsp3) is 0.333. The van der Waals surface area contributed by atoms with Crippen LogP contribution in [0.1, 0.15) is 24.7 Å². The summed E-state index contributed by atoms with van der Waals surface area (Å²) in [5.74, 6) is 1.33. The van der Waals surface area contributed by atoms with E-state index in [-0.39, 0.29) is 6.04 Å². The van der Waals surface area contributed by atoms with Crippen LogP contribution in [0.4, 0.5) is 0 Å². The molecule has 2 heterocycles. The first-order valence-electron chi connectivity index (χ1n) is 5.76. The topological polar surface area (TPSA) is 51.0 Å². The Kier molecular flexibility index (Phi) is 3.67. The van der Waals surface area contributed by atoms with Crippen molar-refractivity contribution >= 4 is 38.5 Å². The first kappa shape index (κ1) is 12.6. The average Bonchev–Trinajstić information content (AvgIpc) is 3.00. The lowest BCUT2D eigenvalue weighted by molar-refractivity contribution is 0.412. The van der Waals surface area contributed by atoms with Crippen LogP contribution in [0.2, 0.25) is 0 Å². The molecule has 0 amide bonds. The maximum Gasteiger partial charge on any atom is 0.259 e. The van der Waals surface area contributed by atoms with Gasteiger partial charge in [-0.05, 0) is 76.1 Å². The Bertz CT molecular complexity index is 566. The maximum atomic E-state index is 5.36. The molecule has 94 valence electrons. The zero-order valence-corrected chi connectivity index (χ0v) is 13.2. The molecule has 0 bridgehead atoms. The first-order valence-corrected chi connectivity index (χ1v) is 7.63. The number of aromatic nitrogens is 2. The van der Waals surface area contributed by atoms with Crippen molar-refractivity contribution in [2.45, 2.75) is 18.9 Å². The second-order valence-electron chi connectivity index (χ2n) is 4.23. The minimum Gasteiger partial charge on any atom is -0.334 e. The molecule has 18 heavy (non-hydrogen) atoms. The van der Waals surface area contributed by atoms with Crippen molar-refractivity contribution in [1.82, 2.24) is 15.5 Å². The third kappa shape index (κ3) is 2.46. The summed E-state index contributed by atoms with van der Waals surface area (Å²) in [6, 6.07) is 6.30. The molecule has 1 aromatic heterocycles. The predicted molar refractivity (Wildman–Crippen MR) is 80.1 cm³/mol. The lowest BCUT2D eigenvalue weighted by Crippen LogP contribution is -2.14. The lowest BCUT2D eigenvalue weighted by Gasteiger charge is -2.02. The van der Waals surface area contributed by atoms with Gasteiger partial charge in [-0.25, -0.2) is 0 Å². The van der Waals surface area contributed by atoms with Crippen LogP contribution in [-0.2, 0) is 0 Å². The van der Waals surface area contributed by atoms with E-state index in [1.54, 1.807) is 0 Å². The van der Waals surface area contributed by atoms with E-state index in [0.717, 1.165) is 32.4 Å². The molecule has 4 nitrogen and oxygen atoms in total. The predicted octanol–water partition coefficient (Wildman–Crippen LogP) is 3.53. The molecule has 1 aliphatic heterocycles. The number of halogens is 2. The summed E-state index contributed by atoms with van der Waals surface area (Å²) in [7, 11) is 0. The Hall–Kier alpha value is -0.470. The van der Waals surface area contributed by atoms with Crippen LogP contribution < -0.4 is 5.32 Å². The second-order valence-corrected chi connectivity index (χ2v) is 6.33. The standard InChI is InChI=1S/C12H11BrIN3O/c13-9-4-3-7(14)6-8(9)12-16-11(17-18-12)10-2-1-5-15-10/h3-4,6,10,15H,1-2,5H2. The molecule has 0 spiro atoms. The van der Waals surface area contributed by atoms with Gasteiger partial charge < -0.3 is 9.84 Å². The summed E-state index contributed by atoms with van der Waals surface area (Å²) in [5.41, 5.74) is 0.943. The van der Waals surface area contributed by atoms with Crippen molar-refractivity contribution in [2.75, 3.05) is 6.54 Å². The highest BCUT2D eigenvalue weighted by molar-refractivity contribution is 14.1. The summed E-state index contributed by atoms with van der Waals surface area (Å²) in [4.78, 5) is 4.49. The monoisotopic (exact) mass is 419 g/mol. The second kappa shape index (κ2) is 5.26. The van der Waals surface area contributed by atoms with Crippen LogP contribution in [0.25, 0.3) is 11.5 Å². The molecule has 0 radical (unpaired) electrons. The Morgan fingerprint density at radius 3 is 3.11 bits per heavy atom. The smallest absolute Gasteiger partial charge is 0.259 e. The Morgan fingerprint density at radius 1 is 1.44 bits per heavy atom. The molecule has 1 atom stereocenters. The van der Waals surface area contributed by atoms with Gasteiger partial charge in [0.05, 0.1) is 11.6 Å². The Labute approximate surface area is 127 Å². The van der Waals surface area contributed by atoms with Gasteiger partial charge in [0.2, 0.25) is 0 Å². The number of rotatable bonds is 2. The summed E-state index contributed by atoms with van der Waals surface area (Å²) >= 11 is 5.78. The van der Waals surface area contributed by atoms with Crippen molar-refractivity contribution in [3.63, 3.8) is 0 Å². The van der Waals surface area contributed by atoms with E-state index in [1.165, 1.54) is 6.42 Å². The SMILES string of the molecule is Brc1ccc(I)cc1-c1nc(C2CCCN2)no1. The fourth-order valence-corrected chi connectivity index (χ4v) is 2.96. The summed E-state index contributed by atoms with van der Waals surface area (Å²) < 4.78 is 7.48. The number of benzene rings is 1. The quantitative estimate of drug-likeness (QED) is 0.756. The Balaban J connectivity index is 1.94. The highest BCUT2D eigenvalue weighted by Crippen LogP contribution is 2.30. The van der Waals surface area contributed by atoms with E-state index in [4.69, 9.17) is 4.52 Å². The van der Waals surface area contributed by atoms with Crippen LogP contribution in [0.5, 0.6) is 0 Å². The molecule has 1 unspecified atom stereocenters. The molecule has 0 aliphatic carbocycles. The summed E-state index contributed by atoms with van der Waals surface area (Å²) in [6.45, 7) is 1.03. The van der Waals surface area contributed by atoms with E-state index in [2.05, 4.69) is 54.0 Å². The van der Waals surface area contributed by atoms with Crippen molar-refractivity contribution < 1.29 is 4.52 Å². The molecule has 1 aliphatic rings. The highest BCUT2D eigenvalue weighted by atomic mass is 127. The van der Waals surface area contributed by atoms with Gasteiger partial charge >= 0.3 is 0 Å². The molecular weight excluding hydrogens is 409 g/mol. The third-order valence-electron chi connectivity index (χ3n) is 2.97. The van der Waals surface area contributed by atoms with Crippen LogP contribution in [-0.4, -0.2) is 16.7 Å². The largest absolute Gasteiger partial charge is 0.334 e. The number of nitrogens with zero attached hydrogens (tertiary/aromatic N) is 2. The lowest BCUT2D eigenvalue weighted by atomic mass is 10.2. The molecule has 1 fully saturated rings. The molecule has 6 heteroatoms. The van der Waals surface area contributed by atoms with Crippen molar-refractivity contribution in [2.24, 2.45) is 0 Å². The van der Waals surface area contributed by atoms with E-state index in [0.29, 0.717) is 5.89 Å². The van der Waals surface area contributed by atoms with Gasteiger partial charge in [-0.1, -0.05) is 5.16 Å². The van der Waals surface area contributed by atoms with Gasteiger partial charge in [0.1, 0.15) is 0 Å². The van der Waals surface area contributed by atoms with Crippen LogP contribution >= 0.6 is 38.5 Å². The summed E-state index contributed by atoms with van der Waals surface area (Å²) in [6.07, 6.45) is 2.24. The highest BCUT2D eigenvalue weighted by Gasteiger charge is 2.22. The van der Waals surface area contributed by atoms with Gasteiger partial charge in [-0.3, -0.25) is 0 Å². The van der Waals surface area contributed by atoms with Crippen LogP contribution in [0.3, 0.4) is 0 Å². The fourth-order valence-electron chi connectivity index (χ4n) is 2.05. The first-order chi connectivity index (χ1) is 8.74. The number of hydrogen-bond acceptors (Lipinski definition) is 4. The van der Waals surface area contributed by atoms with Gasteiger partial charge in [0.15, 0.2) is 5.82 Å². The van der Waals surface area contributed by atoms with E-state index < -0.39 is 0 Å². The maximum absolute atomic E-state index is 5.36. The van der Waals surface area contributed by atoms with Gasteiger partial charge in [0.25, 0.3) is 5.89 Å². The van der Waals surface area contributed by atoms with Gasteiger partial charge in [-0.2, -0.15) is 4.98 Å². The minimum atomic E-state index is 0.240. The molecule has 1 saturated heterocycles. The van der Waals surface area contributed by atoms with Gasteiger partial charge in [-0.15, -0.1) is 0 Å². The molecular formula is C12H11BrIN3O. The zero-order valence-electron chi connectivity index (χ0n) is 9.49. The van der Waals surface area contributed by atoms with Crippen molar-refractivity contribution in [1.29, 1.82) is 0 Å². The summed E-state index contributed by atoms with van der Waals surface area (Å²) in [5, 5.41) is 7.44. The molecule has 3 rings (SSSR count). The van der Waals surface area contributed by atoms with Crippen molar-refractivity contribution in [3.8, 4) is 11.5 Å². The van der Waals surface area contributed by atoms with E-state index in [9.17, 15) is 0 Å². The molecule has 0 saturated carbocycles. The van der Waals surface area contributed by atoms with E-state index in [1.807, 2.05) is 18.2 Å². The van der Waals surface area contributed by atoms with E-state index >= 15 is 0 Å². The van der Waals surface area contributed by atoms with Gasteiger partial charge in [0, 0.05) is 8.04 Å². The normalized spacial score (nSPS) is 19.3. The van der Waals surface area contributed by atoms with Crippen LogP contribution in [0.15, 0.2) is 27.2 Å². The molecule has 1 N–H and O–H groups in total. The van der Waals surface area contributed by atoms with Crippen LogP contribution in [0, 0.1) is 3.57 Å².